The number of rotatable bonds is 9. The molecule has 0 aliphatic carbocycles. The molecule has 29 heavy (non-hydrogen) atoms. The average Bonchev–Trinajstić information content (AvgIpc) is 2.67. The Morgan fingerprint density at radius 2 is 1.90 bits per heavy atom. The highest BCUT2D eigenvalue weighted by Crippen LogP contribution is 2.29. The minimum atomic E-state index is -4.46. The van der Waals surface area contributed by atoms with E-state index in [4.69, 9.17) is 19.9 Å². The maximum absolute atomic E-state index is 12.4. The number of guanidine groups is 1. The number of aliphatic imine (C=N–C) groups is 1. The third-order valence-electron chi connectivity index (χ3n) is 3.47. The first-order chi connectivity index (χ1) is 13.8. The van der Waals surface area contributed by atoms with Gasteiger partial charge in [0.25, 0.3) is 0 Å². The van der Waals surface area contributed by atoms with Crippen molar-refractivity contribution in [2.75, 3.05) is 25.1 Å². The van der Waals surface area contributed by atoms with E-state index in [0.717, 1.165) is 0 Å². The molecular formula is C19H23F3N4O3. The van der Waals surface area contributed by atoms with Gasteiger partial charge in [0.15, 0.2) is 12.6 Å². The molecule has 2 rings (SSSR count). The first-order valence-electron chi connectivity index (χ1n) is 8.92. The first-order valence-corrected chi connectivity index (χ1v) is 8.92. The van der Waals surface area contributed by atoms with E-state index in [1.807, 2.05) is 13.8 Å². The number of hydrogen-bond acceptors (Lipinski definition) is 5. The number of nitrogens with one attached hydrogen (secondary N) is 1. The van der Waals surface area contributed by atoms with Crippen LogP contribution >= 0.6 is 0 Å². The van der Waals surface area contributed by atoms with Crippen molar-refractivity contribution in [3.8, 4) is 17.4 Å². The van der Waals surface area contributed by atoms with Crippen LogP contribution in [0.1, 0.15) is 19.4 Å². The minimum Gasteiger partial charge on any atom is -0.494 e. The van der Waals surface area contributed by atoms with Gasteiger partial charge in [0.05, 0.1) is 25.4 Å². The van der Waals surface area contributed by atoms with Crippen molar-refractivity contribution in [3.05, 3.63) is 42.1 Å². The van der Waals surface area contributed by atoms with E-state index < -0.39 is 12.8 Å². The molecular weight excluding hydrogens is 389 g/mol. The van der Waals surface area contributed by atoms with Gasteiger partial charge in [-0.2, -0.15) is 13.2 Å². The highest BCUT2D eigenvalue weighted by molar-refractivity contribution is 5.94. The van der Waals surface area contributed by atoms with Crippen molar-refractivity contribution in [1.29, 1.82) is 0 Å². The van der Waals surface area contributed by atoms with Crippen LogP contribution in [0.3, 0.4) is 0 Å². The van der Waals surface area contributed by atoms with Crippen molar-refractivity contribution in [2.24, 2.45) is 10.7 Å². The van der Waals surface area contributed by atoms with E-state index >= 15 is 0 Å². The van der Waals surface area contributed by atoms with Gasteiger partial charge in [-0.3, -0.25) is 0 Å². The molecule has 0 saturated heterocycles. The average molecular weight is 412 g/mol. The molecule has 0 spiro atoms. The second-order valence-corrected chi connectivity index (χ2v) is 5.72. The summed E-state index contributed by atoms with van der Waals surface area (Å²) in [5, 5.41) is 2.92. The number of aromatic nitrogens is 1. The summed E-state index contributed by atoms with van der Waals surface area (Å²) in [7, 11) is 0. The quantitative estimate of drug-likeness (QED) is 0.482. The van der Waals surface area contributed by atoms with Crippen LogP contribution in [-0.4, -0.2) is 36.9 Å². The number of halogens is 3. The van der Waals surface area contributed by atoms with E-state index in [1.54, 1.807) is 30.3 Å². The Morgan fingerprint density at radius 1 is 1.14 bits per heavy atom. The van der Waals surface area contributed by atoms with E-state index in [-0.39, 0.29) is 18.4 Å². The summed E-state index contributed by atoms with van der Waals surface area (Å²) in [6.07, 6.45) is -3.12. The van der Waals surface area contributed by atoms with Gasteiger partial charge in [0.1, 0.15) is 11.5 Å². The van der Waals surface area contributed by atoms with Crippen LogP contribution in [0.25, 0.3) is 0 Å². The fraction of sp³-hybridized carbons (Fsp3) is 0.368. The molecule has 10 heteroatoms. The van der Waals surface area contributed by atoms with Gasteiger partial charge in [0.2, 0.25) is 5.88 Å². The number of nitrogens with zero attached hydrogens (tertiary/aromatic N) is 2. The number of benzene rings is 1. The second-order valence-electron chi connectivity index (χ2n) is 5.72. The number of hydrogen-bond donors (Lipinski definition) is 2. The summed E-state index contributed by atoms with van der Waals surface area (Å²) in [5.41, 5.74) is 6.86. The van der Waals surface area contributed by atoms with Gasteiger partial charge >= 0.3 is 6.18 Å². The van der Waals surface area contributed by atoms with E-state index in [0.29, 0.717) is 36.0 Å². The summed E-state index contributed by atoms with van der Waals surface area (Å²) < 4.78 is 52.9. The Bertz CT molecular complexity index is 829. The second kappa shape index (κ2) is 10.4. The molecule has 1 aromatic carbocycles. The molecule has 0 bridgehead atoms. The van der Waals surface area contributed by atoms with Gasteiger partial charge in [0, 0.05) is 17.8 Å². The molecule has 0 atom stereocenters. The number of nitrogens with two attached hydrogens (primary N) is 1. The van der Waals surface area contributed by atoms with Crippen LogP contribution in [0, 0.1) is 0 Å². The number of pyridine rings is 1. The SMILES string of the molecule is CCOc1ccc(OCC)c(NC(N)=NCc2cccnc2OCC(F)(F)F)c1. The van der Waals surface area contributed by atoms with Crippen molar-refractivity contribution >= 4 is 11.6 Å². The van der Waals surface area contributed by atoms with Gasteiger partial charge in [-0.25, -0.2) is 9.98 Å². The van der Waals surface area contributed by atoms with Crippen molar-refractivity contribution < 1.29 is 27.4 Å². The zero-order chi connectivity index (χ0) is 21.3. The smallest absolute Gasteiger partial charge is 0.422 e. The lowest BCUT2D eigenvalue weighted by atomic mass is 10.2. The van der Waals surface area contributed by atoms with Gasteiger partial charge in [-0.15, -0.1) is 0 Å². The molecule has 1 aromatic heterocycles. The predicted molar refractivity (Wildman–Crippen MR) is 104 cm³/mol. The zero-order valence-electron chi connectivity index (χ0n) is 16.1. The molecule has 3 N–H and O–H groups in total. The lowest BCUT2D eigenvalue weighted by Crippen LogP contribution is -2.23. The molecule has 0 aliphatic heterocycles. The normalized spacial score (nSPS) is 11.8. The van der Waals surface area contributed by atoms with Crippen LogP contribution in [0.15, 0.2) is 41.5 Å². The summed E-state index contributed by atoms with van der Waals surface area (Å²) >= 11 is 0. The third kappa shape index (κ3) is 7.40. The van der Waals surface area contributed by atoms with Crippen molar-refractivity contribution in [2.45, 2.75) is 26.6 Å². The maximum atomic E-state index is 12.4. The standard InChI is InChI=1S/C19H23F3N4O3/c1-3-27-14-7-8-16(28-4-2)15(10-14)26-18(23)25-11-13-6-5-9-24-17(13)29-12-19(20,21)22/h5-10H,3-4,11-12H2,1-2H3,(H3,23,25,26). The lowest BCUT2D eigenvalue weighted by molar-refractivity contribution is -0.154. The number of anilines is 1. The van der Waals surface area contributed by atoms with Crippen LogP contribution in [-0.2, 0) is 6.54 Å². The molecule has 0 fully saturated rings. The topological polar surface area (TPSA) is 91.0 Å². The molecule has 0 amide bonds. The molecule has 2 aromatic rings. The molecule has 0 saturated carbocycles. The molecule has 0 radical (unpaired) electrons. The Morgan fingerprint density at radius 3 is 2.59 bits per heavy atom. The van der Waals surface area contributed by atoms with E-state index in [9.17, 15) is 13.2 Å². The van der Waals surface area contributed by atoms with E-state index in [1.165, 1.54) is 6.20 Å². The molecule has 1 heterocycles. The van der Waals surface area contributed by atoms with Crippen molar-refractivity contribution in [3.63, 3.8) is 0 Å². The fourth-order valence-corrected chi connectivity index (χ4v) is 2.32. The fourth-order valence-electron chi connectivity index (χ4n) is 2.32. The van der Waals surface area contributed by atoms with Crippen LogP contribution in [0.4, 0.5) is 18.9 Å². The lowest BCUT2D eigenvalue weighted by Gasteiger charge is -2.14. The summed E-state index contributed by atoms with van der Waals surface area (Å²) in [6, 6.07) is 8.38. The molecule has 7 nitrogen and oxygen atoms in total. The molecule has 158 valence electrons. The van der Waals surface area contributed by atoms with E-state index in [2.05, 4.69) is 15.3 Å². The van der Waals surface area contributed by atoms with Crippen LogP contribution < -0.4 is 25.3 Å². The Balaban J connectivity index is 2.12. The highest BCUT2D eigenvalue weighted by Gasteiger charge is 2.29. The van der Waals surface area contributed by atoms with Crippen LogP contribution in [0.5, 0.6) is 17.4 Å². The van der Waals surface area contributed by atoms with Gasteiger partial charge in [-0.1, -0.05) is 6.07 Å². The number of alkyl halides is 3. The summed E-state index contributed by atoms with van der Waals surface area (Å²) in [6.45, 7) is 3.22. The predicted octanol–water partition coefficient (Wildman–Crippen LogP) is 3.75. The van der Waals surface area contributed by atoms with Gasteiger partial charge in [-0.05, 0) is 32.0 Å². The maximum Gasteiger partial charge on any atom is 0.422 e. The first kappa shape index (κ1) is 22.1. The Labute approximate surface area is 166 Å². The minimum absolute atomic E-state index is 0.0189. The zero-order valence-corrected chi connectivity index (χ0v) is 16.1. The van der Waals surface area contributed by atoms with Crippen LogP contribution in [0.2, 0.25) is 0 Å². The van der Waals surface area contributed by atoms with Crippen molar-refractivity contribution in [1.82, 2.24) is 4.98 Å². The van der Waals surface area contributed by atoms with Gasteiger partial charge < -0.3 is 25.3 Å². The Hall–Kier alpha value is -3.17. The highest BCUT2D eigenvalue weighted by atomic mass is 19.4. The monoisotopic (exact) mass is 412 g/mol. The number of ether oxygens (including phenoxy) is 3. The third-order valence-corrected chi connectivity index (χ3v) is 3.47. The molecule has 0 aliphatic rings. The molecule has 0 unspecified atom stereocenters. The summed E-state index contributed by atoms with van der Waals surface area (Å²) in [4.78, 5) is 7.98. The largest absolute Gasteiger partial charge is 0.494 e. The Kier molecular flexibility index (Phi) is 7.93. The summed E-state index contributed by atoms with van der Waals surface area (Å²) in [5.74, 6) is 1.09.